The zero-order chi connectivity index (χ0) is 12.8. The van der Waals surface area contributed by atoms with Gasteiger partial charge in [0.2, 0.25) is 0 Å². The molecule has 0 radical (unpaired) electrons. The van der Waals surface area contributed by atoms with Crippen molar-refractivity contribution < 1.29 is 4.74 Å². The number of aryl methyl sites for hydroxylation is 1. The summed E-state index contributed by atoms with van der Waals surface area (Å²) in [6.45, 7) is 4.81. The first kappa shape index (κ1) is 13.1. The molecule has 2 rings (SSSR count). The summed E-state index contributed by atoms with van der Waals surface area (Å²) in [5.74, 6) is 3.35. The summed E-state index contributed by atoms with van der Waals surface area (Å²) in [6.07, 6.45) is 3.12. The highest BCUT2D eigenvalue weighted by Crippen LogP contribution is 2.17. The van der Waals surface area contributed by atoms with E-state index < -0.39 is 0 Å². The van der Waals surface area contributed by atoms with E-state index in [9.17, 15) is 0 Å². The summed E-state index contributed by atoms with van der Waals surface area (Å²) in [5.41, 5.74) is 0. The largest absolute Gasteiger partial charge is 0.381 e. The summed E-state index contributed by atoms with van der Waals surface area (Å²) in [6, 6.07) is 1.96. The third-order valence-corrected chi connectivity index (χ3v) is 3.26. The second-order valence-electron chi connectivity index (χ2n) is 4.59. The van der Waals surface area contributed by atoms with Crippen molar-refractivity contribution in [3.05, 3.63) is 11.9 Å². The van der Waals surface area contributed by atoms with Crippen molar-refractivity contribution in [2.75, 3.05) is 37.4 Å². The Balaban J connectivity index is 1.94. The number of rotatable bonds is 5. The van der Waals surface area contributed by atoms with Gasteiger partial charge in [0, 0.05) is 39.3 Å². The van der Waals surface area contributed by atoms with Gasteiger partial charge in [0.25, 0.3) is 0 Å². The van der Waals surface area contributed by atoms with Crippen molar-refractivity contribution in [3.63, 3.8) is 0 Å². The lowest BCUT2D eigenvalue weighted by Gasteiger charge is -2.22. The Morgan fingerprint density at radius 2 is 2.00 bits per heavy atom. The molecule has 1 aliphatic heterocycles. The molecule has 0 aromatic carbocycles. The molecule has 1 aromatic rings. The molecule has 0 aliphatic carbocycles. The van der Waals surface area contributed by atoms with E-state index in [1.54, 1.807) is 0 Å². The van der Waals surface area contributed by atoms with Gasteiger partial charge in [-0.15, -0.1) is 0 Å². The molecule has 100 valence electrons. The topological polar surface area (TPSA) is 59.1 Å². The van der Waals surface area contributed by atoms with Crippen molar-refractivity contribution in [2.24, 2.45) is 5.92 Å². The van der Waals surface area contributed by atoms with Crippen LogP contribution in [0.5, 0.6) is 0 Å². The van der Waals surface area contributed by atoms with Crippen LogP contribution < -0.4 is 10.6 Å². The van der Waals surface area contributed by atoms with E-state index in [-0.39, 0.29) is 0 Å². The molecule has 1 fully saturated rings. The minimum absolute atomic E-state index is 0.692. The van der Waals surface area contributed by atoms with E-state index in [1.807, 2.05) is 13.1 Å². The molecule has 0 amide bonds. The van der Waals surface area contributed by atoms with Crippen LogP contribution in [0.3, 0.4) is 0 Å². The van der Waals surface area contributed by atoms with Gasteiger partial charge < -0.3 is 15.4 Å². The standard InChI is InChI=1S/C13H22N4O/c1-3-11-16-12(14-2)8-13(17-11)15-9-10-4-6-18-7-5-10/h8,10H,3-7,9H2,1-2H3,(H2,14,15,16,17). The fourth-order valence-corrected chi connectivity index (χ4v) is 2.07. The Morgan fingerprint density at radius 3 is 2.67 bits per heavy atom. The second-order valence-corrected chi connectivity index (χ2v) is 4.59. The van der Waals surface area contributed by atoms with Crippen molar-refractivity contribution in [2.45, 2.75) is 26.2 Å². The molecule has 0 saturated carbocycles. The molecule has 5 nitrogen and oxygen atoms in total. The average molecular weight is 250 g/mol. The first-order valence-electron chi connectivity index (χ1n) is 6.69. The highest BCUT2D eigenvalue weighted by atomic mass is 16.5. The Labute approximate surface area is 108 Å². The fourth-order valence-electron chi connectivity index (χ4n) is 2.07. The molecule has 1 aromatic heterocycles. The molecular formula is C13H22N4O. The van der Waals surface area contributed by atoms with Crippen LogP contribution in [-0.4, -0.2) is 36.8 Å². The molecule has 2 N–H and O–H groups in total. The van der Waals surface area contributed by atoms with Crippen molar-refractivity contribution in [3.8, 4) is 0 Å². The van der Waals surface area contributed by atoms with E-state index in [0.29, 0.717) is 5.92 Å². The molecule has 0 unspecified atom stereocenters. The van der Waals surface area contributed by atoms with Crippen LogP contribution in [-0.2, 0) is 11.2 Å². The van der Waals surface area contributed by atoms with Gasteiger partial charge in [-0.1, -0.05) is 6.92 Å². The summed E-state index contributed by atoms with van der Waals surface area (Å²) in [7, 11) is 1.88. The normalized spacial score (nSPS) is 16.6. The van der Waals surface area contributed by atoms with Crippen LogP contribution in [0.2, 0.25) is 0 Å². The van der Waals surface area contributed by atoms with Crippen LogP contribution in [0, 0.1) is 5.92 Å². The Bertz CT molecular complexity index is 355. The molecule has 2 heterocycles. The van der Waals surface area contributed by atoms with Gasteiger partial charge in [-0.2, -0.15) is 0 Å². The van der Waals surface area contributed by atoms with Gasteiger partial charge in [-0.25, -0.2) is 9.97 Å². The van der Waals surface area contributed by atoms with Gasteiger partial charge in [0.15, 0.2) is 0 Å². The highest BCUT2D eigenvalue weighted by molar-refractivity contribution is 5.47. The summed E-state index contributed by atoms with van der Waals surface area (Å²) >= 11 is 0. The SMILES string of the molecule is CCc1nc(NC)cc(NCC2CCOCC2)n1. The number of nitrogens with one attached hydrogen (secondary N) is 2. The molecule has 0 bridgehead atoms. The van der Waals surface area contributed by atoms with Crippen molar-refractivity contribution >= 4 is 11.6 Å². The monoisotopic (exact) mass is 250 g/mol. The van der Waals surface area contributed by atoms with Crippen LogP contribution in [0.1, 0.15) is 25.6 Å². The van der Waals surface area contributed by atoms with Gasteiger partial charge >= 0.3 is 0 Å². The third-order valence-electron chi connectivity index (χ3n) is 3.26. The molecule has 1 aliphatic rings. The molecule has 18 heavy (non-hydrogen) atoms. The van der Waals surface area contributed by atoms with Gasteiger partial charge in [0.1, 0.15) is 17.5 Å². The lowest BCUT2D eigenvalue weighted by molar-refractivity contribution is 0.0699. The van der Waals surface area contributed by atoms with Gasteiger partial charge in [-0.3, -0.25) is 0 Å². The summed E-state index contributed by atoms with van der Waals surface area (Å²) in [5, 5.41) is 6.49. The maximum Gasteiger partial charge on any atom is 0.132 e. The number of anilines is 2. The number of hydrogen-bond donors (Lipinski definition) is 2. The lowest BCUT2D eigenvalue weighted by Crippen LogP contribution is -2.23. The van der Waals surface area contributed by atoms with E-state index >= 15 is 0 Å². The second kappa shape index (κ2) is 6.54. The smallest absolute Gasteiger partial charge is 0.132 e. The molecule has 5 heteroatoms. The third kappa shape index (κ3) is 3.57. The number of aromatic nitrogens is 2. The van der Waals surface area contributed by atoms with E-state index in [4.69, 9.17) is 4.74 Å². The Morgan fingerprint density at radius 1 is 1.28 bits per heavy atom. The fraction of sp³-hybridized carbons (Fsp3) is 0.692. The quantitative estimate of drug-likeness (QED) is 0.836. The van der Waals surface area contributed by atoms with Gasteiger partial charge in [0.05, 0.1) is 0 Å². The molecule has 0 atom stereocenters. The molecule has 1 saturated heterocycles. The van der Waals surface area contributed by atoms with E-state index in [2.05, 4.69) is 27.5 Å². The zero-order valence-electron chi connectivity index (χ0n) is 11.2. The summed E-state index contributed by atoms with van der Waals surface area (Å²) < 4.78 is 5.36. The lowest BCUT2D eigenvalue weighted by atomic mass is 10.0. The first-order chi connectivity index (χ1) is 8.81. The zero-order valence-corrected chi connectivity index (χ0v) is 11.2. The van der Waals surface area contributed by atoms with Crippen LogP contribution in [0.25, 0.3) is 0 Å². The first-order valence-corrected chi connectivity index (χ1v) is 6.69. The Hall–Kier alpha value is -1.36. The number of ether oxygens (including phenoxy) is 1. The maximum absolute atomic E-state index is 5.36. The summed E-state index contributed by atoms with van der Waals surface area (Å²) in [4.78, 5) is 8.87. The maximum atomic E-state index is 5.36. The number of hydrogen-bond acceptors (Lipinski definition) is 5. The minimum Gasteiger partial charge on any atom is -0.381 e. The van der Waals surface area contributed by atoms with Gasteiger partial charge in [-0.05, 0) is 18.8 Å². The highest BCUT2D eigenvalue weighted by Gasteiger charge is 2.13. The predicted octanol–water partition coefficient (Wildman–Crippen LogP) is 1.92. The van der Waals surface area contributed by atoms with Crippen LogP contribution >= 0.6 is 0 Å². The van der Waals surface area contributed by atoms with Crippen LogP contribution in [0.15, 0.2) is 6.07 Å². The van der Waals surface area contributed by atoms with E-state index in [0.717, 1.165) is 56.5 Å². The minimum atomic E-state index is 0.692. The van der Waals surface area contributed by atoms with E-state index in [1.165, 1.54) is 0 Å². The molecule has 0 spiro atoms. The molecular weight excluding hydrogens is 228 g/mol. The van der Waals surface area contributed by atoms with Crippen molar-refractivity contribution in [1.82, 2.24) is 9.97 Å². The van der Waals surface area contributed by atoms with Crippen molar-refractivity contribution in [1.29, 1.82) is 0 Å². The predicted molar refractivity (Wildman–Crippen MR) is 73.0 cm³/mol. The van der Waals surface area contributed by atoms with Crippen LogP contribution in [0.4, 0.5) is 11.6 Å². The average Bonchev–Trinajstić information content (AvgIpc) is 2.45. The Kier molecular flexibility index (Phi) is 4.75. The number of nitrogens with zero attached hydrogens (tertiary/aromatic N) is 2.